The predicted octanol–water partition coefficient (Wildman–Crippen LogP) is 4.88. The number of carboxylic acids is 1. The molecule has 0 aliphatic carbocycles. The number of fused-ring (bicyclic) bond motifs is 1. The van der Waals surface area contributed by atoms with Crippen LogP contribution < -0.4 is 10.1 Å². The predicted molar refractivity (Wildman–Crippen MR) is 128 cm³/mol. The van der Waals surface area contributed by atoms with Gasteiger partial charge in [0.15, 0.2) is 11.3 Å². The van der Waals surface area contributed by atoms with Crippen LogP contribution in [0.15, 0.2) is 47.0 Å². The van der Waals surface area contributed by atoms with Gasteiger partial charge in [0.05, 0.1) is 12.0 Å². The Bertz CT molecular complexity index is 1340. The first-order valence-electron chi connectivity index (χ1n) is 12.1. The summed E-state index contributed by atoms with van der Waals surface area (Å²) in [5, 5.41) is 14.6. The molecule has 0 bridgehead atoms. The van der Waals surface area contributed by atoms with E-state index in [9.17, 15) is 32.7 Å². The third kappa shape index (κ3) is 5.02. The minimum absolute atomic E-state index is 0.0120. The number of aromatic nitrogens is 1. The Morgan fingerprint density at radius 1 is 1.18 bits per heavy atom. The summed E-state index contributed by atoms with van der Waals surface area (Å²) in [6.07, 6.45) is -3.83. The molecule has 1 atom stereocenters. The number of carbonyl (C=O) groups excluding carboxylic acids is 2. The fraction of sp³-hybridized carbons (Fsp3) is 0.385. The Kier molecular flexibility index (Phi) is 7.61. The Labute approximate surface area is 215 Å². The molecule has 202 valence electrons. The van der Waals surface area contributed by atoms with E-state index in [0.29, 0.717) is 29.7 Å². The smallest absolute Gasteiger partial charge is 0.437 e. The number of amides is 3. The Morgan fingerprint density at radius 3 is 2.58 bits per heavy atom. The van der Waals surface area contributed by atoms with Crippen molar-refractivity contribution < 1.29 is 41.9 Å². The highest BCUT2D eigenvalue weighted by atomic mass is 19.4. The number of benzene rings is 2. The summed E-state index contributed by atoms with van der Waals surface area (Å²) in [5.74, 6) is -1.36. The Morgan fingerprint density at radius 2 is 1.92 bits per heavy atom. The molecule has 2 N–H and O–H groups in total. The topological polar surface area (TPSA) is 122 Å². The first kappa shape index (κ1) is 27.0. The molecule has 3 aromatic rings. The van der Waals surface area contributed by atoms with Crippen LogP contribution in [0, 0.1) is 0 Å². The lowest BCUT2D eigenvalue weighted by molar-refractivity contribution is -0.141. The van der Waals surface area contributed by atoms with Gasteiger partial charge in [0.25, 0.3) is 5.91 Å². The van der Waals surface area contributed by atoms with Crippen molar-refractivity contribution in [3.05, 3.63) is 59.3 Å². The van der Waals surface area contributed by atoms with Crippen molar-refractivity contribution in [2.45, 2.75) is 50.7 Å². The van der Waals surface area contributed by atoms with E-state index in [-0.39, 0.29) is 43.4 Å². The number of nitrogens with one attached hydrogen (secondary N) is 1. The van der Waals surface area contributed by atoms with Gasteiger partial charge < -0.3 is 19.3 Å². The first-order chi connectivity index (χ1) is 18.1. The van der Waals surface area contributed by atoms with Gasteiger partial charge in [0.2, 0.25) is 0 Å². The number of nitrogens with zero attached hydrogens (tertiary/aromatic N) is 2. The average Bonchev–Trinajstić information content (AvgIpc) is 3.41. The number of halogens is 3. The number of ether oxygens (including phenoxy) is 1. The van der Waals surface area contributed by atoms with E-state index in [1.54, 1.807) is 30.3 Å². The molecule has 38 heavy (non-hydrogen) atoms. The van der Waals surface area contributed by atoms with Gasteiger partial charge in [-0.15, -0.1) is 0 Å². The summed E-state index contributed by atoms with van der Waals surface area (Å²) in [4.78, 5) is 38.4. The molecule has 9 nitrogen and oxygen atoms in total. The van der Waals surface area contributed by atoms with Crippen LogP contribution in [0.5, 0.6) is 5.75 Å². The molecule has 1 saturated heterocycles. The Balaban J connectivity index is 1.53. The van der Waals surface area contributed by atoms with Crippen LogP contribution in [0.25, 0.3) is 11.0 Å². The normalized spacial score (nSPS) is 17.7. The van der Waals surface area contributed by atoms with Crippen molar-refractivity contribution in [1.82, 2.24) is 15.4 Å². The van der Waals surface area contributed by atoms with Crippen molar-refractivity contribution in [2.75, 3.05) is 13.2 Å². The van der Waals surface area contributed by atoms with Crippen molar-refractivity contribution in [3.8, 4) is 5.75 Å². The molecule has 0 spiro atoms. The van der Waals surface area contributed by atoms with E-state index in [4.69, 9.17) is 9.26 Å². The van der Waals surface area contributed by atoms with E-state index in [1.807, 2.05) is 6.92 Å². The maximum absolute atomic E-state index is 13.3. The van der Waals surface area contributed by atoms with Gasteiger partial charge in [-0.05, 0) is 37.0 Å². The van der Waals surface area contributed by atoms with Gasteiger partial charge in [-0.2, -0.15) is 13.2 Å². The van der Waals surface area contributed by atoms with E-state index in [2.05, 4.69) is 10.5 Å². The molecule has 0 radical (unpaired) electrons. The van der Waals surface area contributed by atoms with Gasteiger partial charge >= 0.3 is 18.2 Å². The lowest BCUT2D eigenvalue weighted by Crippen LogP contribution is -2.48. The summed E-state index contributed by atoms with van der Waals surface area (Å²) in [7, 11) is 0. The number of hydrogen-bond donors (Lipinski definition) is 2. The average molecular weight is 534 g/mol. The standard InChI is InChI=1S/C26H26F3N3O6/c1-2-7-17-19(11-10-18-21(17)38-31-22(18)26(27,28)29)37-15-6-14-32-24(36)30-23(35)25(32,13-12-20(33)34)16-8-4-3-5-9-16/h3-5,8-11H,2,6-7,12-15H2,1H3,(H,33,34)(H,30,35,36). The number of urea groups is 1. The highest BCUT2D eigenvalue weighted by molar-refractivity contribution is 6.07. The lowest BCUT2D eigenvalue weighted by Gasteiger charge is -2.35. The van der Waals surface area contributed by atoms with Crippen molar-refractivity contribution in [3.63, 3.8) is 0 Å². The second-order valence-corrected chi connectivity index (χ2v) is 8.93. The molecule has 0 saturated carbocycles. The molecule has 1 aliphatic rings. The van der Waals surface area contributed by atoms with Crippen molar-refractivity contribution >= 4 is 28.9 Å². The van der Waals surface area contributed by atoms with E-state index in [1.165, 1.54) is 17.0 Å². The van der Waals surface area contributed by atoms with E-state index < -0.39 is 35.3 Å². The molecule has 1 aliphatic heterocycles. The van der Waals surface area contributed by atoms with Gasteiger partial charge in [0.1, 0.15) is 11.3 Å². The fourth-order valence-electron chi connectivity index (χ4n) is 4.81. The van der Waals surface area contributed by atoms with E-state index >= 15 is 0 Å². The molecule has 4 rings (SSSR count). The monoisotopic (exact) mass is 533 g/mol. The number of alkyl halides is 3. The lowest BCUT2D eigenvalue weighted by atomic mass is 9.83. The van der Waals surface area contributed by atoms with Crippen molar-refractivity contribution in [1.29, 1.82) is 0 Å². The summed E-state index contributed by atoms with van der Waals surface area (Å²) >= 11 is 0. The SMILES string of the molecule is CCCc1c(OCCCN2C(=O)NC(=O)C2(CCC(=O)O)c2ccccc2)ccc2c(C(F)(F)F)noc12. The minimum Gasteiger partial charge on any atom is -0.493 e. The number of carboxylic acid groups (broad SMARTS) is 1. The zero-order valence-corrected chi connectivity index (χ0v) is 20.5. The maximum Gasteiger partial charge on any atom is 0.437 e. The van der Waals surface area contributed by atoms with Crippen LogP contribution in [-0.2, 0) is 27.7 Å². The quantitative estimate of drug-likeness (QED) is 0.266. The van der Waals surface area contributed by atoms with Crippen LogP contribution in [0.1, 0.15) is 49.4 Å². The summed E-state index contributed by atoms with van der Waals surface area (Å²) < 4.78 is 50.7. The minimum atomic E-state index is -4.66. The van der Waals surface area contributed by atoms with Crippen LogP contribution in [-0.4, -0.2) is 46.2 Å². The first-order valence-corrected chi connectivity index (χ1v) is 12.1. The number of imide groups is 1. The molecule has 2 heterocycles. The molecule has 2 aromatic carbocycles. The maximum atomic E-state index is 13.3. The highest BCUT2D eigenvalue weighted by Crippen LogP contribution is 2.39. The number of aliphatic carboxylic acids is 1. The number of carbonyl (C=O) groups is 3. The van der Waals surface area contributed by atoms with Gasteiger partial charge in [0, 0.05) is 18.5 Å². The highest BCUT2D eigenvalue weighted by Gasteiger charge is 2.53. The number of rotatable bonds is 11. The van der Waals surface area contributed by atoms with Gasteiger partial charge in [-0.1, -0.05) is 48.8 Å². The largest absolute Gasteiger partial charge is 0.493 e. The number of aryl methyl sites for hydroxylation is 1. The molecular formula is C26H26F3N3O6. The summed E-state index contributed by atoms with van der Waals surface area (Å²) in [6.45, 7) is 2.01. The molecule has 1 unspecified atom stereocenters. The molecule has 3 amide bonds. The summed E-state index contributed by atoms with van der Waals surface area (Å²) in [5.41, 5.74) is -1.62. The fourth-order valence-corrected chi connectivity index (χ4v) is 4.81. The zero-order valence-electron chi connectivity index (χ0n) is 20.5. The molecule has 1 fully saturated rings. The zero-order chi connectivity index (χ0) is 27.5. The Hall–Kier alpha value is -4.09. The van der Waals surface area contributed by atoms with Crippen LogP contribution >= 0.6 is 0 Å². The molecular weight excluding hydrogens is 507 g/mol. The molecule has 12 heteroatoms. The second kappa shape index (κ2) is 10.7. The van der Waals surface area contributed by atoms with E-state index in [0.717, 1.165) is 0 Å². The third-order valence-corrected chi connectivity index (χ3v) is 6.51. The van der Waals surface area contributed by atoms with Gasteiger partial charge in [-0.3, -0.25) is 14.9 Å². The number of hydrogen-bond acceptors (Lipinski definition) is 6. The van der Waals surface area contributed by atoms with Crippen LogP contribution in [0.4, 0.5) is 18.0 Å². The second-order valence-electron chi connectivity index (χ2n) is 8.93. The van der Waals surface area contributed by atoms with Crippen molar-refractivity contribution in [2.24, 2.45) is 0 Å². The third-order valence-electron chi connectivity index (χ3n) is 6.51. The van der Waals surface area contributed by atoms with Crippen LogP contribution in [0.2, 0.25) is 0 Å². The summed E-state index contributed by atoms with van der Waals surface area (Å²) in [6, 6.07) is 10.5. The molecule has 1 aromatic heterocycles. The van der Waals surface area contributed by atoms with Crippen LogP contribution in [0.3, 0.4) is 0 Å². The van der Waals surface area contributed by atoms with Gasteiger partial charge in [-0.25, -0.2) is 4.79 Å².